The van der Waals surface area contributed by atoms with Crippen molar-refractivity contribution in [3.63, 3.8) is 0 Å². The van der Waals surface area contributed by atoms with Crippen molar-refractivity contribution in [2.45, 2.75) is 30.9 Å². The van der Waals surface area contributed by atoms with E-state index in [-0.39, 0.29) is 0 Å². The summed E-state index contributed by atoms with van der Waals surface area (Å²) < 4.78 is 4.94. The summed E-state index contributed by atoms with van der Waals surface area (Å²) in [6, 6.07) is 0. The van der Waals surface area contributed by atoms with Gasteiger partial charge in [0.1, 0.15) is 5.78 Å². The molecule has 0 aromatic heterocycles. The Labute approximate surface area is 78.1 Å². The fourth-order valence-corrected chi connectivity index (χ4v) is 2.62. The molecule has 3 heteroatoms. The molecule has 0 aliphatic carbocycles. The lowest BCUT2D eigenvalue weighted by molar-refractivity contribution is -0.117. The first kappa shape index (κ1) is 10.1. The van der Waals surface area contributed by atoms with Crippen molar-refractivity contribution in [3.05, 3.63) is 0 Å². The molecule has 1 rings (SSSR count). The van der Waals surface area contributed by atoms with Gasteiger partial charge in [0.2, 0.25) is 0 Å². The summed E-state index contributed by atoms with van der Waals surface area (Å²) in [6.07, 6.45) is 4.05. The highest BCUT2D eigenvalue weighted by Gasteiger charge is 2.23. The van der Waals surface area contributed by atoms with E-state index in [1.807, 2.05) is 11.8 Å². The highest BCUT2D eigenvalue weighted by atomic mass is 32.2. The molecule has 0 saturated carbocycles. The number of carbonyl (C=O) groups is 1. The molecule has 0 radical (unpaired) electrons. The molecular formula is C9H16O2S. The van der Waals surface area contributed by atoms with Crippen molar-refractivity contribution in [1.29, 1.82) is 0 Å². The van der Waals surface area contributed by atoms with Gasteiger partial charge in [-0.1, -0.05) is 0 Å². The molecule has 12 heavy (non-hydrogen) atoms. The van der Waals surface area contributed by atoms with Gasteiger partial charge in [-0.2, -0.15) is 11.8 Å². The minimum Gasteiger partial charge on any atom is -0.385 e. The van der Waals surface area contributed by atoms with Crippen LogP contribution in [0.3, 0.4) is 0 Å². The summed E-state index contributed by atoms with van der Waals surface area (Å²) in [7, 11) is 1.72. The number of ether oxygens (including phenoxy) is 1. The minimum absolute atomic E-state index is 0.307. The Hall–Kier alpha value is -0.0200. The number of carbonyl (C=O) groups excluding carboxylic acids is 1. The van der Waals surface area contributed by atoms with Gasteiger partial charge in [0.15, 0.2) is 0 Å². The molecule has 2 nitrogen and oxygen atoms in total. The number of ketones is 1. The van der Waals surface area contributed by atoms with Crippen molar-refractivity contribution >= 4 is 17.5 Å². The number of rotatable bonds is 5. The van der Waals surface area contributed by atoms with Crippen molar-refractivity contribution in [2.75, 3.05) is 19.5 Å². The predicted molar refractivity (Wildman–Crippen MR) is 51.6 cm³/mol. The molecule has 0 amide bonds. The summed E-state index contributed by atoms with van der Waals surface area (Å²) in [5.41, 5.74) is 0. The third-order valence-corrected chi connectivity index (χ3v) is 3.43. The van der Waals surface area contributed by atoms with Crippen LogP contribution in [0.1, 0.15) is 25.7 Å². The van der Waals surface area contributed by atoms with Gasteiger partial charge in [-0.25, -0.2) is 0 Å². The molecule has 1 saturated heterocycles. The molecule has 1 aliphatic rings. The van der Waals surface area contributed by atoms with E-state index in [0.717, 1.165) is 38.0 Å². The molecular weight excluding hydrogens is 172 g/mol. The van der Waals surface area contributed by atoms with Gasteiger partial charge in [0.05, 0.1) is 5.25 Å². The first-order valence-electron chi connectivity index (χ1n) is 4.48. The number of hydrogen-bond donors (Lipinski definition) is 0. The van der Waals surface area contributed by atoms with Crippen LogP contribution in [0.15, 0.2) is 0 Å². The summed E-state index contributed by atoms with van der Waals surface area (Å²) in [6.45, 7) is 0.825. The fraction of sp³-hybridized carbons (Fsp3) is 0.889. The highest BCUT2D eigenvalue weighted by molar-refractivity contribution is 8.01. The summed E-state index contributed by atoms with van der Waals surface area (Å²) in [5.74, 6) is 1.49. The van der Waals surface area contributed by atoms with Crippen LogP contribution in [-0.2, 0) is 9.53 Å². The Morgan fingerprint density at radius 3 is 3.00 bits per heavy atom. The van der Waals surface area contributed by atoms with Gasteiger partial charge in [0.25, 0.3) is 0 Å². The van der Waals surface area contributed by atoms with Crippen LogP contribution in [0, 0.1) is 0 Å². The Morgan fingerprint density at radius 2 is 2.42 bits per heavy atom. The van der Waals surface area contributed by atoms with E-state index in [2.05, 4.69) is 0 Å². The smallest absolute Gasteiger partial charge is 0.146 e. The standard InChI is InChI=1S/C9H16O2S/c1-11-6-3-2-4-9-8(10)5-7-12-9/h9H,2-7H2,1H3. The lowest BCUT2D eigenvalue weighted by atomic mass is 10.1. The summed E-state index contributed by atoms with van der Waals surface area (Å²) in [4.78, 5) is 11.2. The Kier molecular flexibility index (Phi) is 4.69. The van der Waals surface area contributed by atoms with Crippen molar-refractivity contribution < 1.29 is 9.53 Å². The minimum atomic E-state index is 0.307. The van der Waals surface area contributed by atoms with E-state index in [0.29, 0.717) is 11.0 Å². The van der Waals surface area contributed by atoms with Crippen molar-refractivity contribution in [3.8, 4) is 0 Å². The Bertz CT molecular complexity index is 147. The normalized spacial score (nSPS) is 23.4. The van der Waals surface area contributed by atoms with Gasteiger partial charge in [-0.05, 0) is 19.3 Å². The third-order valence-electron chi connectivity index (χ3n) is 2.09. The van der Waals surface area contributed by atoms with Gasteiger partial charge in [-0.15, -0.1) is 0 Å². The molecule has 1 fully saturated rings. The van der Waals surface area contributed by atoms with Gasteiger partial charge in [-0.3, -0.25) is 4.79 Å². The lowest BCUT2D eigenvalue weighted by Gasteiger charge is -2.05. The predicted octanol–water partition coefficient (Wildman–Crippen LogP) is 1.88. The van der Waals surface area contributed by atoms with Crippen LogP contribution in [-0.4, -0.2) is 30.5 Å². The number of Topliss-reactive ketones (excluding diaryl/α,β-unsaturated/α-hetero) is 1. The van der Waals surface area contributed by atoms with E-state index in [9.17, 15) is 4.79 Å². The Morgan fingerprint density at radius 1 is 1.58 bits per heavy atom. The van der Waals surface area contributed by atoms with Crippen LogP contribution in [0.4, 0.5) is 0 Å². The van der Waals surface area contributed by atoms with E-state index in [4.69, 9.17) is 4.74 Å². The average Bonchev–Trinajstić information content (AvgIpc) is 2.46. The van der Waals surface area contributed by atoms with Crippen LogP contribution in [0.25, 0.3) is 0 Å². The maximum Gasteiger partial charge on any atom is 0.146 e. The molecule has 0 N–H and O–H groups in total. The second-order valence-corrected chi connectivity index (χ2v) is 4.37. The first-order chi connectivity index (χ1) is 5.84. The Balaban J connectivity index is 2.02. The molecule has 1 aliphatic heterocycles. The van der Waals surface area contributed by atoms with Crippen LogP contribution in [0.5, 0.6) is 0 Å². The SMILES string of the molecule is COCCCCC1SCCC1=O. The summed E-state index contributed by atoms with van der Waals surface area (Å²) >= 11 is 1.82. The van der Waals surface area contributed by atoms with Gasteiger partial charge in [0, 0.05) is 25.9 Å². The van der Waals surface area contributed by atoms with E-state index >= 15 is 0 Å². The molecule has 1 unspecified atom stereocenters. The second kappa shape index (κ2) is 5.60. The van der Waals surface area contributed by atoms with Crippen LogP contribution in [0.2, 0.25) is 0 Å². The third kappa shape index (κ3) is 3.15. The van der Waals surface area contributed by atoms with E-state index in [1.165, 1.54) is 0 Å². The summed E-state index contributed by atoms with van der Waals surface area (Å²) in [5, 5.41) is 0.307. The monoisotopic (exact) mass is 188 g/mol. The molecule has 70 valence electrons. The largest absolute Gasteiger partial charge is 0.385 e. The lowest BCUT2D eigenvalue weighted by Crippen LogP contribution is -2.10. The molecule has 1 heterocycles. The quantitative estimate of drug-likeness (QED) is 0.616. The molecule has 1 atom stereocenters. The maximum atomic E-state index is 11.2. The van der Waals surface area contributed by atoms with Crippen molar-refractivity contribution in [2.24, 2.45) is 0 Å². The number of thioether (sulfide) groups is 1. The van der Waals surface area contributed by atoms with Crippen molar-refractivity contribution in [1.82, 2.24) is 0 Å². The van der Waals surface area contributed by atoms with Crippen LogP contribution >= 0.6 is 11.8 Å². The zero-order valence-corrected chi connectivity index (χ0v) is 8.36. The van der Waals surface area contributed by atoms with Gasteiger partial charge >= 0.3 is 0 Å². The maximum absolute atomic E-state index is 11.2. The molecule has 0 aromatic rings. The highest BCUT2D eigenvalue weighted by Crippen LogP contribution is 2.26. The number of methoxy groups -OCH3 is 1. The number of hydrogen-bond acceptors (Lipinski definition) is 3. The van der Waals surface area contributed by atoms with E-state index < -0.39 is 0 Å². The molecule has 0 spiro atoms. The zero-order chi connectivity index (χ0) is 8.81. The zero-order valence-electron chi connectivity index (χ0n) is 7.54. The molecule has 0 bridgehead atoms. The fourth-order valence-electron chi connectivity index (χ4n) is 1.38. The topological polar surface area (TPSA) is 26.3 Å². The second-order valence-electron chi connectivity index (χ2n) is 3.06. The molecule has 0 aromatic carbocycles. The number of unbranched alkanes of at least 4 members (excludes halogenated alkanes) is 1. The van der Waals surface area contributed by atoms with Gasteiger partial charge < -0.3 is 4.74 Å². The van der Waals surface area contributed by atoms with E-state index in [1.54, 1.807) is 7.11 Å². The van der Waals surface area contributed by atoms with Crippen LogP contribution < -0.4 is 0 Å². The average molecular weight is 188 g/mol. The first-order valence-corrected chi connectivity index (χ1v) is 5.52.